The molecule has 94 valence electrons. The molecule has 1 N–H and O–H groups in total. The van der Waals surface area contributed by atoms with E-state index in [4.69, 9.17) is 11.6 Å². The second kappa shape index (κ2) is 4.26. The van der Waals surface area contributed by atoms with E-state index in [2.05, 4.69) is 4.72 Å². The van der Waals surface area contributed by atoms with Gasteiger partial charge in [0.25, 0.3) is 0 Å². The number of benzene rings is 1. The summed E-state index contributed by atoms with van der Waals surface area (Å²) in [4.78, 5) is 0.317. The highest BCUT2D eigenvalue weighted by Gasteiger charge is 2.45. The predicted octanol–water partition coefficient (Wildman–Crippen LogP) is 2.35. The molecule has 0 spiro atoms. The standard InChI is InChI=1S/C12H16ClNO2S/c1-9-3-4-11(7-10(9)2)17(15,16)14-12(8-13)5-6-12/h3-4,7,14H,5-6,8H2,1-2H3. The van der Waals surface area contributed by atoms with Crippen molar-refractivity contribution in [3.63, 3.8) is 0 Å². The minimum Gasteiger partial charge on any atom is -0.207 e. The summed E-state index contributed by atoms with van der Waals surface area (Å²) in [5, 5.41) is 0. The Hall–Kier alpha value is -0.580. The van der Waals surface area contributed by atoms with Gasteiger partial charge in [0.15, 0.2) is 0 Å². The van der Waals surface area contributed by atoms with E-state index in [0.717, 1.165) is 24.0 Å². The van der Waals surface area contributed by atoms with Crippen LogP contribution in [-0.2, 0) is 10.0 Å². The van der Waals surface area contributed by atoms with Crippen molar-refractivity contribution >= 4 is 21.6 Å². The zero-order chi connectivity index (χ0) is 12.7. The zero-order valence-electron chi connectivity index (χ0n) is 9.96. The second-order valence-corrected chi connectivity index (χ2v) is 6.72. The highest BCUT2D eigenvalue weighted by atomic mass is 35.5. The van der Waals surface area contributed by atoms with Gasteiger partial charge >= 0.3 is 0 Å². The van der Waals surface area contributed by atoms with E-state index in [-0.39, 0.29) is 0 Å². The van der Waals surface area contributed by atoms with Crippen molar-refractivity contribution < 1.29 is 8.42 Å². The Bertz CT molecular complexity index is 535. The second-order valence-electron chi connectivity index (χ2n) is 4.77. The first-order valence-electron chi connectivity index (χ1n) is 5.56. The van der Waals surface area contributed by atoms with Crippen molar-refractivity contribution in [2.75, 3.05) is 5.88 Å². The lowest BCUT2D eigenvalue weighted by molar-refractivity contribution is 0.559. The lowest BCUT2D eigenvalue weighted by atomic mass is 10.1. The van der Waals surface area contributed by atoms with E-state index in [9.17, 15) is 8.42 Å². The highest BCUT2D eigenvalue weighted by molar-refractivity contribution is 7.89. The topological polar surface area (TPSA) is 46.2 Å². The first-order chi connectivity index (χ1) is 7.88. The fourth-order valence-electron chi connectivity index (χ4n) is 1.64. The van der Waals surface area contributed by atoms with Crippen LogP contribution < -0.4 is 4.72 Å². The molecular weight excluding hydrogens is 258 g/mol. The molecule has 1 aliphatic rings. The summed E-state index contributed by atoms with van der Waals surface area (Å²) >= 11 is 5.78. The van der Waals surface area contributed by atoms with Gasteiger partial charge in [0.2, 0.25) is 10.0 Å². The Labute approximate surface area is 107 Å². The molecule has 1 saturated carbocycles. The molecule has 1 aliphatic carbocycles. The van der Waals surface area contributed by atoms with Crippen molar-refractivity contribution in [3.8, 4) is 0 Å². The van der Waals surface area contributed by atoms with Gasteiger partial charge in [-0.1, -0.05) is 6.07 Å². The average molecular weight is 274 g/mol. The third-order valence-electron chi connectivity index (χ3n) is 3.25. The number of sulfonamides is 1. The maximum Gasteiger partial charge on any atom is 0.241 e. The van der Waals surface area contributed by atoms with E-state index < -0.39 is 15.6 Å². The Kier molecular flexibility index (Phi) is 3.23. The van der Waals surface area contributed by atoms with Crippen LogP contribution in [0.25, 0.3) is 0 Å². The summed E-state index contributed by atoms with van der Waals surface area (Å²) in [6, 6.07) is 5.15. The largest absolute Gasteiger partial charge is 0.241 e. The van der Waals surface area contributed by atoms with Gasteiger partial charge in [-0.2, -0.15) is 0 Å². The van der Waals surface area contributed by atoms with Gasteiger partial charge in [-0.25, -0.2) is 13.1 Å². The van der Waals surface area contributed by atoms with Gasteiger partial charge in [-0.05, 0) is 49.9 Å². The molecule has 1 aromatic carbocycles. The maximum absolute atomic E-state index is 12.1. The van der Waals surface area contributed by atoms with Crippen LogP contribution in [0.15, 0.2) is 23.1 Å². The number of halogens is 1. The van der Waals surface area contributed by atoms with E-state index in [1.807, 2.05) is 19.9 Å². The summed E-state index contributed by atoms with van der Waals surface area (Å²) in [6.45, 7) is 3.86. The molecule has 0 heterocycles. The quantitative estimate of drug-likeness (QED) is 0.856. The van der Waals surface area contributed by atoms with Crippen LogP contribution in [0.3, 0.4) is 0 Å². The van der Waals surface area contributed by atoms with Crippen molar-refractivity contribution in [1.82, 2.24) is 4.72 Å². The molecule has 0 atom stereocenters. The van der Waals surface area contributed by atoms with Crippen LogP contribution in [0, 0.1) is 13.8 Å². The van der Waals surface area contributed by atoms with Gasteiger partial charge in [0.1, 0.15) is 0 Å². The van der Waals surface area contributed by atoms with Crippen LogP contribution in [-0.4, -0.2) is 19.8 Å². The van der Waals surface area contributed by atoms with Crippen LogP contribution in [0.2, 0.25) is 0 Å². The number of aryl methyl sites for hydroxylation is 2. The van der Waals surface area contributed by atoms with Gasteiger partial charge in [0.05, 0.1) is 4.90 Å². The number of hydrogen-bond acceptors (Lipinski definition) is 2. The summed E-state index contributed by atoms with van der Waals surface area (Å²) in [7, 11) is -3.44. The normalized spacial score (nSPS) is 18.1. The molecule has 0 aromatic heterocycles. The molecule has 0 unspecified atom stereocenters. The molecule has 0 amide bonds. The first kappa shape index (κ1) is 12.9. The van der Waals surface area contributed by atoms with Crippen molar-refractivity contribution in [1.29, 1.82) is 0 Å². The van der Waals surface area contributed by atoms with Gasteiger partial charge in [-0.3, -0.25) is 0 Å². The number of rotatable bonds is 4. The maximum atomic E-state index is 12.1. The van der Waals surface area contributed by atoms with Crippen molar-refractivity contribution in [2.24, 2.45) is 0 Å². The number of nitrogens with one attached hydrogen (secondary N) is 1. The van der Waals surface area contributed by atoms with E-state index in [0.29, 0.717) is 10.8 Å². The monoisotopic (exact) mass is 273 g/mol. The fraction of sp³-hybridized carbons (Fsp3) is 0.500. The van der Waals surface area contributed by atoms with Gasteiger partial charge < -0.3 is 0 Å². The van der Waals surface area contributed by atoms with Crippen LogP contribution in [0.4, 0.5) is 0 Å². The third-order valence-corrected chi connectivity index (χ3v) is 5.34. The molecule has 17 heavy (non-hydrogen) atoms. The van der Waals surface area contributed by atoms with E-state index in [1.165, 1.54) is 0 Å². The summed E-state index contributed by atoms with van der Waals surface area (Å²) in [6.07, 6.45) is 1.64. The molecule has 0 bridgehead atoms. The fourth-order valence-corrected chi connectivity index (χ4v) is 3.60. The minimum atomic E-state index is -3.44. The van der Waals surface area contributed by atoms with Crippen molar-refractivity contribution in [2.45, 2.75) is 37.1 Å². The third kappa shape index (κ3) is 2.64. The van der Waals surface area contributed by atoms with Crippen molar-refractivity contribution in [3.05, 3.63) is 29.3 Å². The summed E-state index contributed by atoms with van der Waals surface area (Å²) in [5.41, 5.74) is 1.66. The molecule has 1 fully saturated rings. The van der Waals surface area contributed by atoms with Crippen LogP contribution in [0.5, 0.6) is 0 Å². The smallest absolute Gasteiger partial charge is 0.207 e. The van der Waals surface area contributed by atoms with Crippen LogP contribution >= 0.6 is 11.6 Å². The highest BCUT2D eigenvalue weighted by Crippen LogP contribution is 2.37. The Morgan fingerprint density at radius 2 is 1.94 bits per heavy atom. The molecule has 0 saturated heterocycles. The molecule has 5 heteroatoms. The zero-order valence-corrected chi connectivity index (χ0v) is 11.5. The summed E-state index contributed by atoms with van der Waals surface area (Å²) in [5.74, 6) is 0.330. The average Bonchev–Trinajstić information content (AvgIpc) is 3.02. The minimum absolute atomic E-state index is 0.317. The molecule has 0 aliphatic heterocycles. The van der Waals surface area contributed by atoms with E-state index in [1.54, 1.807) is 12.1 Å². The van der Waals surface area contributed by atoms with Gasteiger partial charge in [0, 0.05) is 11.4 Å². The molecule has 3 nitrogen and oxygen atoms in total. The Balaban J connectivity index is 2.29. The predicted molar refractivity (Wildman–Crippen MR) is 68.9 cm³/mol. The van der Waals surface area contributed by atoms with E-state index >= 15 is 0 Å². The number of alkyl halides is 1. The molecule has 0 radical (unpaired) electrons. The van der Waals surface area contributed by atoms with Gasteiger partial charge in [-0.15, -0.1) is 11.6 Å². The molecule has 2 rings (SSSR count). The summed E-state index contributed by atoms with van der Waals surface area (Å²) < 4.78 is 27.0. The SMILES string of the molecule is Cc1ccc(S(=O)(=O)NC2(CCl)CC2)cc1C. The lowest BCUT2D eigenvalue weighted by Crippen LogP contribution is -2.38. The lowest BCUT2D eigenvalue weighted by Gasteiger charge is -2.15. The first-order valence-corrected chi connectivity index (χ1v) is 7.58. The Morgan fingerprint density at radius 1 is 1.29 bits per heavy atom. The molecule has 1 aromatic rings. The molecular formula is C12H16ClNO2S. The number of hydrogen-bond donors (Lipinski definition) is 1. The Morgan fingerprint density at radius 3 is 2.41 bits per heavy atom. The van der Waals surface area contributed by atoms with Crippen LogP contribution in [0.1, 0.15) is 24.0 Å².